The highest BCUT2D eigenvalue weighted by Gasteiger charge is 2.22. The fourth-order valence-corrected chi connectivity index (χ4v) is 1.98. The number of carboxylic acids is 1. The van der Waals surface area contributed by atoms with Crippen molar-refractivity contribution in [1.82, 2.24) is 5.32 Å². The Balaban J connectivity index is 2.70. The molecule has 0 aliphatic carbocycles. The van der Waals surface area contributed by atoms with E-state index in [1.165, 1.54) is 11.6 Å². The van der Waals surface area contributed by atoms with Crippen LogP contribution >= 0.6 is 0 Å². The summed E-state index contributed by atoms with van der Waals surface area (Å²) in [6.45, 7) is 7.37. The molecule has 0 spiro atoms. The molecular formula is C16H21NO3. The summed E-state index contributed by atoms with van der Waals surface area (Å²) in [7, 11) is 0. The summed E-state index contributed by atoms with van der Waals surface area (Å²) in [6, 6.07) is 5.99. The van der Waals surface area contributed by atoms with Crippen molar-refractivity contribution in [3.63, 3.8) is 0 Å². The molecule has 0 aliphatic heterocycles. The third-order valence-electron chi connectivity index (χ3n) is 2.89. The molecule has 0 aromatic heterocycles. The van der Waals surface area contributed by atoms with E-state index in [9.17, 15) is 9.59 Å². The minimum absolute atomic E-state index is 0.115. The Labute approximate surface area is 119 Å². The Morgan fingerprint density at radius 2 is 1.95 bits per heavy atom. The minimum Gasteiger partial charge on any atom is -0.481 e. The van der Waals surface area contributed by atoms with Crippen LogP contribution in [0.3, 0.4) is 0 Å². The second-order valence-corrected chi connectivity index (χ2v) is 5.64. The predicted octanol–water partition coefficient (Wildman–Crippen LogP) is 2.69. The van der Waals surface area contributed by atoms with Gasteiger partial charge in [-0.1, -0.05) is 23.8 Å². The lowest BCUT2D eigenvalue weighted by Gasteiger charge is -2.23. The highest BCUT2D eigenvalue weighted by Crippen LogP contribution is 2.12. The average Bonchev–Trinajstić information content (AvgIpc) is 2.24. The van der Waals surface area contributed by atoms with Crippen molar-refractivity contribution in [1.29, 1.82) is 0 Å². The van der Waals surface area contributed by atoms with Crippen LogP contribution in [0, 0.1) is 13.8 Å². The van der Waals surface area contributed by atoms with Gasteiger partial charge in [0.15, 0.2) is 0 Å². The molecule has 4 nitrogen and oxygen atoms in total. The van der Waals surface area contributed by atoms with Gasteiger partial charge in [0.2, 0.25) is 5.91 Å². The lowest BCUT2D eigenvalue weighted by molar-refractivity contribution is -0.138. The van der Waals surface area contributed by atoms with Crippen molar-refractivity contribution in [2.75, 3.05) is 0 Å². The molecule has 0 saturated heterocycles. The van der Waals surface area contributed by atoms with Crippen molar-refractivity contribution >= 4 is 18.0 Å². The van der Waals surface area contributed by atoms with Crippen LogP contribution in [0.2, 0.25) is 0 Å². The van der Waals surface area contributed by atoms with Gasteiger partial charge in [-0.3, -0.25) is 9.59 Å². The quantitative estimate of drug-likeness (QED) is 0.812. The molecule has 1 aromatic rings. The Kier molecular flexibility index (Phi) is 5.08. The number of benzene rings is 1. The molecule has 0 bridgehead atoms. The lowest BCUT2D eigenvalue weighted by Crippen LogP contribution is -2.44. The van der Waals surface area contributed by atoms with Crippen molar-refractivity contribution in [2.24, 2.45) is 0 Å². The van der Waals surface area contributed by atoms with Crippen molar-refractivity contribution in [3.05, 3.63) is 41.0 Å². The summed E-state index contributed by atoms with van der Waals surface area (Å²) in [5.41, 5.74) is 2.47. The first kappa shape index (κ1) is 16.0. The first-order valence-electron chi connectivity index (χ1n) is 6.49. The molecule has 0 aliphatic rings. The maximum atomic E-state index is 11.8. The van der Waals surface area contributed by atoms with E-state index in [2.05, 4.69) is 5.32 Å². The predicted molar refractivity (Wildman–Crippen MR) is 79.4 cm³/mol. The molecule has 1 amide bonds. The third kappa shape index (κ3) is 5.26. The number of aryl methyl sites for hydroxylation is 2. The largest absolute Gasteiger partial charge is 0.481 e. The summed E-state index contributed by atoms with van der Waals surface area (Å²) in [5.74, 6) is -1.23. The lowest BCUT2D eigenvalue weighted by atomic mass is 10.0. The maximum absolute atomic E-state index is 11.8. The van der Waals surface area contributed by atoms with Crippen molar-refractivity contribution in [2.45, 2.75) is 39.7 Å². The summed E-state index contributed by atoms with van der Waals surface area (Å²) in [5, 5.41) is 11.4. The third-order valence-corrected chi connectivity index (χ3v) is 2.89. The highest BCUT2D eigenvalue weighted by atomic mass is 16.4. The van der Waals surface area contributed by atoms with Crippen LogP contribution in [0.15, 0.2) is 24.3 Å². The molecule has 2 N–H and O–H groups in total. The molecule has 0 fully saturated rings. The van der Waals surface area contributed by atoms with E-state index in [1.807, 2.05) is 32.0 Å². The fourth-order valence-electron chi connectivity index (χ4n) is 1.98. The Morgan fingerprint density at radius 1 is 1.30 bits per heavy atom. The zero-order valence-corrected chi connectivity index (χ0v) is 12.4. The van der Waals surface area contributed by atoms with Crippen molar-refractivity contribution in [3.8, 4) is 0 Å². The van der Waals surface area contributed by atoms with E-state index in [0.717, 1.165) is 11.1 Å². The number of rotatable bonds is 5. The van der Waals surface area contributed by atoms with Gasteiger partial charge in [0.1, 0.15) is 0 Å². The van der Waals surface area contributed by atoms with E-state index in [4.69, 9.17) is 5.11 Å². The van der Waals surface area contributed by atoms with E-state index < -0.39 is 11.5 Å². The molecule has 1 rings (SSSR count). The topological polar surface area (TPSA) is 66.4 Å². The van der Waals surface area contributed by atoms with E-state index in [0.29, 0.717) is 0 Å². The van der Waals surface area contributed by atoms with Crippen LogP contribution < -0.4 is 5.32 Å². The molecule has 0 atom stereocenters. The van der Waals surface area contributed by atoms with Gasteiger partial charge in [-0.15, -0.1) is 0 Å². The zero-order valence-electron chi connectivity index (χ0n) is 12.4. The Hall–Kier alpha value is -2.10. The summed E-state index contributed by atoms with van der Waals surface area (Å²) in [4.78, 5) is 22.5. The molecule has 20 heavy (non-hydrogen) atoms. The average molecular weight is 275 g/mol. The number of amides is 1. The van der Waals surface area contributed by atoms with Crippen LogP contribution in [-0.2, 0) is 9.59 Å². The van der Waals surface area contributed by atoms with Gasteiger partial charge in [0, 0.05) is 11.6 Å². The molecule has 1 aromatic carbocycles. The van der Waals surface area contributed by atoms with Gasteiger partial charge in [0.25, 0.3) is 0 Å². The second kappa shape index (κ2) is 6.37. The highest BCUT2D eigenvalue weighted by molar-refractivity contribution is 5.92. The molecule has 4 heteroatoms. The van der Waals surface area contributed by atoms with Crippen LogP contribution in [0.1, 0.15) is 37.0 Å². The van der Waals surface area contributed by atoms with Crippen LogP contribution in [0.25, 0.3) is 6.08 Å². The second-order valence-electron chi connectivity index (χ2n) is 5.64. The van der Waals surface area contributed by atoms with Gasteiger partial charge in [-0.2, -0.15) is 0 Å². The normalized spacial score (nSPS) is 11.6. The summed E-state index contributed by atoms with van der Waals surface area (Å²) >= 11 is 0. The first-order chi connectivity index (χ1) is 9.19. The van der Waals surface area contributed by atoms with Gasteiger partial charge in [-0.25, -0.2) is 0 Å². The van der Waals surface area contributed by atoms with Gasteiger partial charge < -0.3 is 10.4 Å². The number of hydrogen-bond acceptors (Lipinski definition) is 2. The Bertz CT molecular complexity index is 545. The summed E-state index contributed by atoms with van der Waals surface area (Å²) in [6.07, 6.45) is 3.05. The monoisotopic (exact) mass is 275 g/mol. The number of hydrogen-bond donors (Lipinski definition) is 2. The Morgan fingerprint density at radius 3 is 2.50 bits per heavy atom. The van der Waals surface area contributed by atoms with Crippen LogP contribution in [0.5, 0.6) is 0 Å². The molecule has 0 radical (unpaired) electrons. The number of nitrogens with one attached hydrogen (secondary N) is 1. The maximum Gasteiger partial charge on any atom is 0.305 e. The molecule has 0 heterocycles. The minimum atomic E-state index is -0.936. The van der Waals surface area contributed by atoms with Gasteiger partial charge >= 0.3 is 5.97 Å². The molecule has 108 valence electrons. The number of carbonyl (C=O) groups is 2. The summed E-state index contributed by atoms with van der Waals surface area (Å²) < 4.78 is 0. The van der Waals surface area contributed by atoms with Gasteiger partial charge in [0.05, 0.1) is 6.42 Å². The van der Waals surface area contributed by atoms with Crippen LogP contribution in [-0.4, -0.2) is 22.5 Å². The smallest absolute Gasteiger partial charge is 0.305 e. The SMILES string of the molecule is Cc1ccc(C=CC(=O)NC(C)(C)CC(=O)O)c(C)c1. The van der Waals surface area contributed by atoms with E-state index in [1.54, 1.807) is 19.9 Å². The number of carbonyl (C=O) groups excluding carboxylic acids is 1. The molecular weight excluding hydrogens is 254 g/mol. The fraction of sp³-hybridized carbons (Fsp3) is 0.375. The molecule has 0 unspecified atom stereocenters. The standard InChI is InChI=1S/C16H21NO3/c1-11-5-6-13(12(2)9-11)7-8-14(18)17-16(3,4)10-15(19)20/h5-9H,10H2,1-4H3,(H,17,18)(H,19,20). The van der Waals surface area contributed by atoms with Crippen LogP contribution in [0.4, 0.5) is 0 Å². The van der Waals surface area contributed by atoms with Gasteiger partial charge in [-0.05, 0) is 44.9 Å². The van der Waals surface area contributed by atoms with E-state index >= 15 is 0 Å². The first-order valence-corrected chi connectivity index (χ1v) is 6.49. The van der Waals surface area contributed by atoms with Crippen molar-refractivity contribution < 1.29 is 14.7 Å². The molecule has 0 saturated carbocycles. The number of carboxylic acid groups (broad SMARTS) is 1. The van der Waals surface area contributed by atoms with E-state index in [-0.39, 0.29) is 12.3 Å². The zero-order chi connectivity index (χ0) is 15.3. The number of aliphatic carboxylic acids is 1.